The summed E-state index contributed by atoms with van der Waals surface area (Å²) in [6, 6.07) is 3.94. The van der Waals surface area contributed by atoms with Crippen LogP contribution in [0.3, 0.4) is 0 Å². The summed E-state index contributed by atoms with van der Waals surface area (Å²) in [5.41, 5.74) is 2.98. The molecule has 5 rings (SSSR count). The number of aromatic amines is 1. The Morgan fingerprint density at radius 2 is 1.91 bits per heavy atom. The maximum Gasteiger partial charge on any atom is 0.260 e. The van der Waals surface area contributed by atoms with Crippen molar-refractivity contribution in [3.8, 4) is 0 Å². The van der Waals surface area contributed by atoms with E-state index in [9.17, 15) is 9.59 Å². The third-order valence-electron chi connectivity index (χ3n) is 6.67. The fourth-order valence-electron chi connectivity index (χ4n) is 5.12. The van der Waals surface area contributed by atoms with Crippen LogP contribution in [-0.4, -0.2) is 51.9 Å². The Hall–Kier alpha value is -3.33. The average molecular weight is 448 g/mol. The summed E-state index contributed by atoms with van der Waals surface area (Å²) in [4.78, 5) is 44.1. The van der Waals surface area contributed by atoms with Crippen LogP contribution in [0.15, 0.2) is 23.1 Å². The molecule has 0 unspecified atom stereocenters. The molecule has 0 aromatic carbocycles. The summed E-state index contributed by atoms with van der Waals surface area (Å²) in [5.74, 6) is 0.974. The Bertz CT molecular complexity index is 1240. The van der Waals surface area contributed by atoms with Gasteiger partial charge in [-0.2, -0.15) is 4.98 Å². The van der Waals surface area contributed by atoms with Crippen LogP contribution in [0.4, 0.5) is 17.5 Å². The fourth-order valence-corrected chi connectivity index (χ4v) is 5.12. The van der Waals surface area contributed by atoms with Crippen LogP contribution in [0.2, 0.25) is 0 Å². The number of nitrogens with one attached hydrogen (secondary N) is 3. The van der Waals surface area contributed by atoms with Crippen LogP contribution in [0.25, 0.3) is 11.0 Å². The van der Waals surface area contributed by atoms with E-state index in [1.54, 1.807) is 0 Å². The highest BCUT2D eigenvalue weighted by Gasteiger charge is 2.28. The average Bonchev–Trinajstić information content (AvgIpc) is 3.33. The molecule has 9 nitrogen and oxygen atoms in total. The second kappa shape index (κ2) is 8.90. The van der Waals surface area contributed by atoms with Crippen molar-refractivity contribution in [2.24, 2.45) is 0 Å². The third-order valence-corrected chi connectivity index (χ3v) is 6.67. The molecular formula is C24H29N7O2. The lowest BCUT2D eigenvalue weighted by Gasteiger charge is -2.29. The van der Waals surface area contributed by atoms with Gasteiger partial charge in [0.25, 0.3) is 5.56 Å². The normalized spacial score (nSPS) is 17.0. The van der Waals surface area contributed by atoms with Crippen molar-refractivity contribution in [1.82, 2.24) is 25.3 Å². The molecular weight excluding hydrogens is 418 g/mol. The van der Waals surface area contributed by atoms with E-state index in [0.29, 0.717) is 17.4 Å². The van der Waals surface area contributed by atoms with Crippen LogP contribution >= 0.6 is 0 Å². The van der Waals surface area contributed by atoms with E-state index in [4.69, 9.17) is 0 Å². The van der Waals surface area contributed by atoms with Gasteiger partial charge < -0.3 is 20.5 Å². The number of aromatic nitrogens is 4. The molecule has 1 saturated carbocycles. The van der Waals surface area contributed by atoms with Gasteiger partial charge in [-0.15, -0.1) is 0 Å². The van der Waals surface area contributed by atoms with Gasteiger partial charge in [0.1, 0.15) is 11.5 Å². The number of hydrogen-bond donors (Lipinski definition) is 3. The number of hydrogen-bond acceptors (Lipinski definition) is 8. The number of aryl methyl sites for hydroxylation is 1. The van der Waals surface area contributed by atoms with Crippen molar-refractivity contribution in [2.75, 3.05) is 36.4 Å². The molecule has 1 saturated heterocycles. The number of fused-ring (bicyclic) bond motifs is 1. The number of pyridine rings is 2. The number of ketones is 1. The van der Waals surface area contributed by atoms with E-state index in [1.165, 1.54) is 6.92 Å². The lowest BCUT2D eigenvalue weighted by atomic mass is 9.89. The lowest BCUT2D eigenvalue weighted by Crippen LogP contribution is -2.43. The summed E-state index contributed by atoms with van der Waals surface area (Å²) in [7, 11) is 0. The van der Waals surface area contributed by atoms with Crippen LogP contribution in [0.1, 0.15) is 60.1 Å². The van der Waals surface area contributed by atoms with E-state index in [2.05, 4.69) is 35.5 Å². The summed E-state index contributed by atoms with van der Waals surface area (Å²) < 4.78 is 0. The number of piperazine rings is 1. The largest absolute Gasteiger partial charge is 0.368 e. The second-order valence-electron chi connectivity index (χ2n) is 8.90. The first-order valence-corrected chi connectivity index (χ1v) is 11.7. The Morgan fingerprint density at radius 3 is 2.58 bits per heavy atom. The maximum absolute atomic E-state index is 12.8. The third kappa shape index (κ3) is 4.20. The van der Waals surface area contributed by atoms with Gasteiger partial charge in [0.15, 0.2) is 5.78 Å². The van der Waals surface area contributed by atoms with Crippen molar-refractivity contribution >= 4 is 34.3 Å². The van der Waals surface area contributed by atoms with Crippen LogP contribution < -0.4 is 21.1 Å². The Morgan fingerprint density at radius 1 is 1.15 bits per heavy atom. The minimum absolute atomic E-state index is 0.189. The van der Waals surface area contributed by atoms with Gasteiger partial charge in [0, 0.05) is 31.6 Å². The standard InChI is InChI=1S/C24H29N7O2/c1-14-19-21(16-5-3-4-6-16)20(15(2)32)23(33)29-22(19)30-24(27-14)28-18-8-7-17(13-26-18)31-11-9-25-10-12-31/h7-8,13,16,25H,3-6,9-12H2,1-2H3,(H2,26,27,28,29,30,33). The zero-order valence-corrected chi connectivity index (χ0v) is 19.1. The predicted octanol–water partition coefficient (Wildman–Crippen LogP) is 3.03. The molecule has 0 bridgehead atoms. The molecule has 9 heteroatoms. The molecule has 2 fully saturated rings. The molecule has 0 spiro atoms. The highest BCUT2D eigenvalue weighted by Crippen LogP contribution is 2.39. The van der Waals surface area contributed by atoms with E-state index >= 15 is 0 Å². The number of carbonyl (C=O) groups is 1. The van der Waals surface area contributed by atoms with Gasteiger partial charge >= 0.3 is 0 Å². The predicted molar refractivity (Wildman–Crippen MR) is 129 cm³/mol. The molecule has 3 aromatic heterocycles. The minimum atomic E-state index is -0.376. The maximum atomic E-state index is 12.8. The molecule has 33 heavy (non-hydrogen) atoms. The molecule has 2 aliphatic rings. The first kappa shape index (κ1) is 21.5. The van der Waals surface area contributed by atoms with E-state index in [-0.39, 0.29) is 22.8 Å². The smallest absolute Gasteiger partial charge is 0.260 e. The van der Waals surface area contributed by atoms with Crippen molar-refractivity contribution in [2.45, 2.75) is 45.4 Å². The van der Waals surface area contributed by atoms with Crippen molar-refractivity contribution in [3.05, 3.63) is 45.5 Å². The van der Waals surface area contributed by atoms with Crippen LogP contribution in [0, 0.1) is 6.92 Å². The molecule has 0 radical (unpaired) electrons. The van der Waals surface area contributed by atoms with Gasteiger partial charge in [-0.05, 0) is 50.3 Å². The number of nitrogens with zero attached hydrogens (tertiary/aromatic N) is 4. The van der Waals surface area contributed by atoms with Crippen LogP contribution in [0.5, 0.6) is 0 Å². The first-order chi connectivity index (χ1) is 16.0. The molecule has 0 atom stereocenters. The Kier molecular flexibility index (Phi) is 5.80. The molecule has 4 heterocycles. The Balaban J connectivity index is 1.50. The molecule has 3 aromatic rings. The van der Waals surface area contributed by atoms with Crippen LogP contribution in [-0.2, 0) is 0 Å². The number of rotatable bonds is 5. The van der Waals surface area contributed by atoms with E-state index in [0.717, 1.165) is 74.2 Å². The summed E-state index contributed by atoms with van der Waals surface area (Å²) in [5, 5.41) is 7.30. The monoisotopic (exact) mass is 447 g/mol. The molecule has 1 aliphatic carbocycles. The molecule has 0 amide bonds. The number of H-pyrrole nitrogens is 1. The topological polar surface area (TPSA) is 116 Å². The lowest BCUT2D eigenvalue weighted by molar-refractivity contribution is 0.101. The van der Waals surface area contributed by atoms with Gasteiger partial charge in [-0.3, -0.25) is 9.59 Å². The number of carbonyl (C=O) groups excluding carboxylic acids is 1. The van der Waals surface area contributed by atoms with E-state index < -0.39 is 0 Å². The van der Waals surface area contributed by atoms with Gasteiger partial charge in [0.05, 0.1) is 23.1 Å². The second-order valence-corrected chi connectivity index (χ2v) is 8.90. The molecule has 1 aliphatic heterocycles. The molecule has 172 valence electrons. The zero-order valence-electron chi connectivity index (χ0n) is 19.1. The SMILES string of the molecule is CC(=O)c1c(C2CCCC2)c2c(C)nc(Nc3ccc(N4CCNCC4)cn3)nc2[nH]c1=O. The van der Waals surface area contributed by atoms with Crippen molar-refractivity contribution in [1.29, 1.82) is 0 Å². The van der Waals surface area contributed by atoms with Gasteiger partial charge in [-0.25, -0.2) is 9.97 Å². The highest BCUT2D eigenvalue weighted by atomic mass is 16.1. The fraction of sp³-hybridized carbons (Fsp3) is 0.458. The van der Waals surface area contributed by atoms with Crippen molar-refractivity contribution < 1.29 is 4.79 Å². The Labute approximate surface area is 192 Å². The quantitative estimate of drug-likeness (QED) is 0.511. The summed E-state index contributed by atoms with van der Waals surface area (Å²) in [6.07, 6.45) is 6.00. The number of Topliss-reactive ketones (excluding diaryl/α,β-unsaturated/α-hetero) is 1. The zero-order chi connectivity index (χ0) is 22.9. The highest BCUT2D eigenvalue weighted by molar-refractivity contribution is 6.00. The van der Waals surface area contributed by atoms with Crippen molar-refractivity contribution in [3.63, 3.8) is 0 Å². The number of anilines is 3. The minimum Gasteiger partial charge on any atom is -0.368 e. The van der Waals surface area contributed by atoms with Gasteiger partial charge in [-0.1, -0.05) is 12.8 Å². The first-order valence-electron chi connectivity index (χ1n) is 11.7. The van der Waals surface area contributed by atoms with Gasteiger partial charge in [0.2, 0.25) is 5.95 Å². The summed E-state index contributed by atoms with van der Waals surface area (Å²) >= 11 is 0. The van der Waals surface area contributed by atoms with E-state index in [1.807, 2.05) is 25.3 Å². The molecule has 3 N–H and O–H groups in total. The summed E-state index contributed by atoms with van der Waals surface area (Å²) in [6.45, 7) is 7.21.